The highest BCUT2D eigenvalue weighted by Gasteiger charge is 2.49. The van der Waals surface area contributed by atoms with Gasteiger partial charge in [-0.1, -0.05) is 90.6 Å². The Morgan fingerprint density at radius 2 is 1.30 bits per heavy atom. The van der Waals surface area contributed by atoms with Gasteiger partial charge in [0.25, 0.3) is 0 Å². The van der Waals surface area contributed by atoms with E-state index in [2.05, 4.69) is 152 Å². The predicted octanol–water partition coefficient (Wildman–Crippen LogP) is -0.583. The molecule has 0 aliphatic heterocycles. The maximum Gasteiger partial charge on any atom is 0.141 e. The van der Waals surface area contributed by atoms with E-state index in [1.54, 1.807) is 11.1 Å². The number of allylic oxidation sites excluding steroid dienone is 2. The molecule has 1 saturated carbocycles. The summed E-state index contributed by atoms with van der Waals surface area (Å²) in [5.41, 5.74) is 19.2. The van der Waals surface area contributed by atoms with Gasteiger partial charge in [0, 0.05) is 15.6 Å². The molecule has 44 heavy (non-hydrogen) atoms. The fourth-order valence-electron chi connectivity index (χ4n) is 9.75. The van der Waals surface area contributed by atoms with Crippen LogP contribution < -0.4 is 26.8 Å². The van der Waals surface area contributed by atoms with Crippen molar-refractivity contribution in [2.24, 2.45) is 0 Å². The van der Waals surface area contributed by atoms with Crippen LogP contribution in [0.1, 0.15) is 81.2 Å². The lowest BCUT2D eigenvalue weighted by Gasteiger charge is -2.52. The topological polar surface area (TPSA) is 3.24 Å². The molecule has 0 amide bonds. The molecule has 0 heterocycles. The predicted molar refractivity (Wildman–Crippen MR) is 215 cm³/mol. The molecule has 1 nitrogen and oxygen atoms in total. The van der Waals surface area contributed by atoms with Crippen molar-refractivity contribution in [2.75, 3.05) is 4.90 Å². The Labute approximate surface area is 280 Å². The fraction of sp³-hybridized carbons (Fsp3) is 0.371. The van der Waals surface area contributed by atoms with E-state index in [1.807, 2.05) is 0 Å². The van der Waals surface area contributed by atoms with Crippen LogP contribution in [0.15, 0.2) is 58.6 Å². The standard InChI is InChI=1S/C35H43B7BrN/c1-32(2)20-8-6-5-7-18(20)19-13-17(14-21(19)32)44(31-29(38)27(36)26(35(40,41)42)28(37)30(31)39)25-16-23-22(15-24(25)43)33(3)9-11-34(23,4)12-10-33/h5-8,13-17H,9-12,36-42H2,1-4H3. The molecular weight excluding hydrogens is 590 g/mol. The summed E-state index contributed by atoms with van der Waals surface area (Å²) in [5.74, 6) is 0. The van der Waals surface area contributed by atoms with E-state index < -0.39 is 0 Å². The van der Waals surface area contributed by atoms with Gasteiger partial charge in [0.2, 0.25) is 0 Å². The van der Waals surface area contributed by atoms with Crippen LogP contribution in [0.2, 0.25) is 0 Å². The molecule has 0 aromatic heterocycles. The van der Waals surface area contributed by atoms with Gasteiger partial charge >= 0.3 is 0 Å². The first-order chi connectivity index (χ1) is 20.5. The van der Waals surface area contributed by atoms with Crippen molar-refractivity contribution in [1.82, 2.24) is 0 Å². The largest absolute Gasteiger partial charge is 0.331 e. The molecular formula is C35H43B7BrN. The van der Waals surface area contributed by atoms with Crippen LogP contribution >= 0.6 is 15.9 Å². The van der Waals surface area contributed by atoms with Gasteiger partial charge in [0.05, 0.1) is 35.3 Å². The second-order valence-corrected chi connectivity index (χ2v) is 17.5. The summed E-state index contributed by atoms with van der Waals surface area (Å²) in [5, 5.41) is 0.0881. The van der Waals surface area contributed by atoms with E-state index in [9.17, 15) is 0 Å². The van der Waals surface area contributed by atoms with Gasteiger partial charge in [0.1, 0.15) is 31.4 Å². The monoisotopic (exact) mass is 633 g/mol. The number of hydrogen-bond donors (Lipinski definition) is 0. The van der Waals surface area contributed by atoms with Crippen molar-refractivity contribution >= 4 is 110 Å². The van der Waals surface area contributed by atoms with Crippen molar-refractivity contribution in [3.63, 3.8) is 0 Å². The van der Waals surface area contributed by atoms with Crippen LogP contribution in [0.3, 0.4) is 0 Å². The Bertz CT molecular complexity index is 1800. The summed E-state index contributed by atoms with van der Waals surface area (Å²) >= 11 is 4.19. The van der Waals surface area contributed by atoms with E-state index in [0.29, 0.717) is 0 Å². The normalized spacial score (nSPS) is 26.1. The van der Waals surface area contributed by atoms with Gasteiger partial charge in [0.15, 0.2) is 0 Å². The molecule has 0 N–H and O–H groups in total. The maximum atomic E-state index is 4.19. The molecule has 3 aromatic carbocycles. The maximum absolute atomic E-state index is 4.19. The zero-order valence-corrected chi connectivity index (χ0v) is 30.4. The van der Waals surface area contributed by atoms with Crippen molar-refractivity contribution in [2.45, 2.75) is 80.8 Å². The van der Waals surface area contributed by atoms with Crippen LogP contribution in [0.5, 0.6) is 0 Å². The first-order valence-corrected chi connectivity index (χ1v) is 17.6. The molecule has 0 saturated heterocycles. The Balaban J connectivity index is 1.51. The number of halogens is 1. The zero-order chi connectivity index (χ0) is 31.7. The van der Waals surface area contributed by atoms with E-state index in [1.165, 1.54) is 91.2 Å². The minimum absolute atomic E-state index is 0.0107. The van der Waals surface area contributed by atoms with E-state index >= 15 is 0 Å². The first kappa shape index (κ1) is 30.5. The first-order valence-electron chi connectivity index (χ1n) is 16.8. The van der Waals surface area contributed by atoms with Crippen LogP contribution in [-0.4, -0.2) is 61.0 Å². The molecule has 3 aromatic rings. The van der Waals surface area contributed by atoms with Gasteiger partial charge in [-0.25, -0.2) is 0 Å². The molecule has 0 spiro atoms. The zero-order valence-electron chi connectivity index (χ0n) is 28.8. The molecule has 5 aliphatic carbocycles. The number of hydrogen-bond acceptors (Lipinski definition) is 1. The lowest BCUT2D eigenvalue weighted by molar-refractivity contribution is 0.187. The third-order valence-electron chi connectivity index (χ3n) is 12.5. The van der Waals surface area contributed by atoms with Crippen molar-refractivity contribution in [3.8, 4) is 0 Å². The van der Waals surface area contributed by atoms with Crippen LogP contribution in [-0.2, 0) is 21.4 Å². The van der Waals surface area contributed by atoms with Crippen molar-refractivity contribution in [1.29, 1.82) is 0 Å². The number of fused-ring (bicyclic) bond motifs is 5. The van der Waals surface area contributed by atoms with E-state index in [-0.39, 0.29) is 27.4 Å². The highest BCUT2D eigenvalue weighted by Crippen LogP contribution is 2.58. The molecule has 8 rings (SSSR count). The number of nitrogens with zero attached hydrogens (tertiary/aromatic N) is 1. The summed E-state index contributed by atoms with van der Waals surface area (Å²) in [6, 6.07) is 14.3. The molecule has 1 atom stereocenters. The molecule has 5 aliphatic rings. The van der Waals surface area contributed by atoms with Crippen LogP contribution in [0.25, 0.3) is 5.57 Å². The molecule has 1 fully saturated rings. The van der Waals surface area contributed by atoms with E-state index in [0.717, 1.165) is 0 Å². The van der Waals surface area contributed by atoms with Crippen LogP contribution in [0, 0.1) is 0 Å². The summed E-state index contributed by atoms with van der Waals surface area (Å²) in [7, 11) is 16.5. The number of rotatable bonds is 4. The molecule has 0 radical (unpaired) electrons. The minimum atomic E-state index is -0.0107. The summed E-state index contributed by atoms with van der Waals surface area (Å²) in [6.45, 7) is 9.84. The summed E-state index contributed by atoms with van der Waals surface area (Å²) < 4.78 is 1.22. The third-order valence-corrected chi connectivity index (χ3v) is 13.1. The second-order valence-electron chi connectivity index (χ2n) is 16.6. The highest BCUT2D eigenvalue weighted by atomic mass is 79.9. The Morgan fingerprint density at radius 1 is 0.750 bits per heavy atom. The summed E-state index contributed by atoms with van der Waals surface area (Å²) in [4.78, 5) is 2.70. The number of benzene rings is 3. The number of anilines is 2. The van der Waals surface area contributed by atoms with Gasteiger partial charge in [-0.15, -0.1) is 0 Å². The summed E-state index contributed by atoms with van der Waals surface area (Å²) in [6.07, 6.45) is 10.3. The smallest absolute Gasteiger partial charge is 0.141 e. The lowest BCUT2D eigenvalue weighted by atomic mass is 9.37. The Hall–Kier alpha value is -2.13. The molecule has 1 unspecified atom stereocenters. The van der Waals surface area contributed by atoms with Crippen molar-refractivity contribution < 1.29 is 0 Å². The van der Waals surface area contributed by atoms with Crippen molar-refractivity contribution in [3.05, 3.63) is 86.4 Å². The SMILES string of the molecule is Bc1c(B)c(C(B)(B)B)c(B)c(B)c1N(c1cc2c(cc1Br)C1(C)CCC2(C)CC1)C1C=C2C(=C1)C(C)(C)c1ccccc12. The Morgan fingerprint density at radius 3 is 1.86 bits per heavy atom. The van der Waals surface area contributed by atoms with Gasteiger partial charge in [-0.2, -0.15) is 0 Å². The van der Waals surface area contributed by atoms with Crippen LogP contribution in [0.4, 0.5) is 11.4 Å². The highest BCUT2D eigenvalue weighted by molar-refractivity contribution is 9.10. The van der Waals surface area contributed by atoms with Gasteiger partial charge in [-0.05, 0) is 104 Å². The third kappa shape index (κ3) is 4.12. The second kappa shape index (κ2) is 9.69. The quantitative estimate of drug-likeness (QED) is 0.348. The molecule has 2 bridgehead atoms. The average molecular weight is 633 g/mol. The minimum Gasteiger partial charge on any atom is -0.331 e. The molecule has 216 valence electrons. The Kier molecular flexibility index (Phi) is 6.73. The average Bonchev–Trinajstić information content (AvgIpc) is 3.48. The van der Waals surface area contributed by atoms with Gasteiger partial charge in [-0.3, -0.25) is 0 Å². The molecule has 9 heteroatoms. The fourth-order valence-corrected chi connectivity index (χ4v) is 10.3. The lowest BCUT2D eigenvalue weighted by Crippen LogP contribution is -2.54. The van der Waals surface area contributed by atoms with Gasteiger partial charge < -0.3 is 4.90 Å². The van der Waals surface area contributed by atoms with E-state index in [4.69, 9.17) is 0 Å².